The monoisotopic (exact) mass is 322 g/mol. The summed E-state index contributed by atoms with van der Waals surface area (Å²) in [6.07, 6.45) is 4.69. The molecule has 22 heavy (non-hydrogen) atoms. The van der Waals surface area contributed by atoms with E-state index in [4.69, 9.17) is 5.73 Å². The molecule has 0 saturated heterocycles. The third-order valence-electron chi connectivity index (χ3n) is 3.94. The Bertz CT molecular complexity index is 607. The number of nitrogens with one attached hydrogen (secondary N) is 2. The van der Waals surface area contributed by atoms with Crippen molar-refractivity contribution in [1.82, 2.24) is 20.6 Å². The van der Waals surface area contributed by atoms with Crippen molar-refractivity contribution in [2.75, 3.05) is 5.32 Å². The number of carbonyl (C=O) groups excluding carboxylic acids is 1. The number of H-pyrrole nitrogens is 1. The number of aromatic nitrogens is 4. The highest BCUT2D eigenvalue weighted by Crippen LogP contribution is 2.27. The number of nitrogens with two attached hydrogens (primary N) is 1. The van der Waals surface area contributed by atoms with E-state index in [2.05, 4.69) is 25.9 Å². The van der Waals surface area contributed by atoms with Crippen molar-refractivity contribution in [1.29, 1.82) is 0 Å². The maximum Gasteiger partial charge on any atom is 0.244 e. The Morgan fingerprint density at radius 3 is 2.45 bits per heavy atom. The van der Waals surface area contributed by atoms with E-state index in [1.165, 1.54) is 0 Å². The number of halogens is 1. The lowest BCUT2D eigenvalue weighted by atomic mass is 9.82. The standard InChI is InChI=1S/C14H18N6O.ClH/c15-14(8-2-1-3-9-14)13(21)16-11-6-4-10(5-7-11)12-17-19-20-18-12;/h4-7H,1-3,8-9,15H2,(H,16,21)(H,17,18,19,20);1H. The van der Waals surface area contributed by atoms with Crippen molar-refractivity contribution in [3.63, 3.8) is 0 Å². The molecule has 0 spiro atoms. The van der Waals surface area contributed by atoms with Crippen LogP contribution in [0.3, 0.4) is 0 Å². The minimum Gasteiger partial charge on any atom is -0.324 e. The third kappa shape index (κ3) is 3.42. The maximum absolute atomic E-state index is 12.3. The molecule has 0 atom stereocenters. The SMILES string of the molecule is Cl.NC1(C(=O)Nc2ccc(-c3nn[nH]n3)cc2)CCCCC1. The highest BCUT2D eigenvalue weighted by molar-refractivity contribution is 5.98. The summed E-state index contributed by atoms with van der Waals surface area (Å²) < 4.78 is 0. The topological polar surface area (TPSA) is 110 Å². The molecule has 1 aromatic heterocycles. The van der Waals surface area contributed by atoms with Gasteiger partial charge in [0.05, 0.1) is 5.54 Å². The van der Waals surface area contributed by atoms with Crippen molar-refractivity contribution in [2.24, 2.45) is 5.73 Å². The Morgan fingerprint density at radius 1 is 1.18 bits per heavy atom. The Morgan fingerprint density at radius 2 is 1.86 bits per heavy atom. The van der Waals surface area contributed by atoms with Gasteiger partial charge >= 0.3 is 0 Å². The van der Waals surface area contributed by atoms with Crippen LogP contribution in [-0.4, -0.2) is 32.1 Å². The van der Waals surface area contributed by atoms with Crippen LogP contribution in [0.15, 0.2) is 24.3 Å². The van der Waals surface area contributed by atoms with Crippen LogP contribution in [0, 0.1) is 0 Å². The first-order valence-corrected chi connectivity index (χ1v) is 7.12. The zero-order valence-electron chi connectivity index (χ0n) is 12.1. The molecular weight excluding hydrogens is 304 g/mol. The average Bonchev–Trinajstić information content (AvgIpc) is 3.03. The molecule has 3 rings (SSSR count). The fourth-order valence-corrected chi connectivity index (χ4v) is 2.65. The van der Waals surface area contributed by atoms with Crippen molar-refractivity contribution in [2.45, 2.75) is 37.6 Å². The van der Waals surface area contributed by atoms with Gasteiger partial charge in [0, 0.05) is 11.3 Å². The molecule has 1 aromatic carbocycles. The second kappa shape index (κ2) is 6.85. The molecule has 1 aliphatic rings. The van der Waals surface area contributed by atoms with Gasteiger partial charge in [-0.05, 0) is 42.3 Å². The lowest BCUT2D eigenvalue weighted by molar-refractivity contribution is -0.122. The van der Waals surface area contributed by atoms with E-state index in [9.17, 15) is 4.79 Å². The number of hydrogen-bond acceptors (Lipinski definition) is 5. The van der Waals surface area contributed by atoms with Crippen LogP contribution in [0.1, 0.15) is 32.1 Å². The van der Waals surface area contributed by atoms with Gasteiger partial charge in [0.25, 0.3) is 0 Å². The van der Waals surface area contributed by atoms with Crippen molar-refractivity contribution in [3.05, 3.63) is 24.3 Å². The zero-order chi connectivity index (χ0) is 14.7. The average molecular weight is 323 g/mol. The van der Waals surface area contributed by atoms with Crippen LogP contribution in [0.5, 0.6) is 0 Å². The quantitative estimate of drug-likeness (QED) is 0.799. The molecule has 7 nitrogen and oxygen atoms in total. The second-order valence-electron chi connectivity index (χ2n) is 5.48. The summed E-state index contributed by atoms with van der Waals surface area (Å²) in [6, 6.07) is 7.31. The van der Waals surface area contributed by atoms with Gasteiger partial charge in [0.15, 0.2) is 0 Å². The Kier molecular flexibility index (Phi) is 5.10. The normalized spacial score (nSPS) is 16.6. The number of benzene rings is 1. The number of carbonyl (C=O) groups is 1. The lowest BCUT2D eigenvalue weighted by Crippen LogP contribution is -2.52. The van der Waals surface area contributed by atoms with Crippen LogP contribution in [0.4, 0.5) is 5.69 Å². The number of tetrazole rings is 1. The van der Waals surface area contributed by atoms with E-state index in [1.54, 1.807) is 0 Å². The van der Waals surface area contributed by atoms with Gasteiger partial charge in [-0.2, -0.15) is 5.21 Å². The number of anilines is 1. The van der Waals surface area contributed by atoms with Crippen molar-refractivity contribution >= 4 is 24.0 Å². The molecule has 1 saturated carbocycles. The van der Waals surface area contributed by atoms with Crippen LogP contribution in [0.25, 0.3) is 11.4 Å². The summed E-state index contributed by atoms with van der Waals surface area (Å²) in [5.41, 5.74) is 7.04. The van der Waals surface area contributed by atoms with Gasteiger partial charge in [-0.25, -0.2) is 0 Å². The summed E-state index contributed by atoms with van der Waals surface area (Å²) in [5.74, 6) is 0.421. The van der Waals surface area contributed by atoms with Gasteiger partial charge < -0.3 is 11.1 Å². The molecule has 0 unspecified atom stereocenters. The van der Waals surface area contributed by atoms with Crippen LogP contribution < -0.4 is 11.1 Å². The largest absolute Gasteiger partial charge is 0.324 e. The van der Waals surface area contributed by atoms with E-state index < -0.39 is 5.54 Å². The minimum absolute atomic E-state index is 0. The second-order valence-corrected chi connectivity index (χ2v) is 5.48. The number of rotatable bonds is 3. The number of nitrogens with zero attached hydrogens (tertiary/aromatic N) is 3. The number of amides is 1. The summed E-state index contributed by atoms with van der Waals surface area (Å²) in [6.45, 7) is 0. The van der Waals surface area contributed by atoms with Gasteiger partial charge in [-0.1, -0.05) is 19.3 Å². The predicted octanol–water partition coefficient (Wildman–Crippen LogP) is 1.89. The molecule has 1 aliphatic carbocycles. The Balaban J connectivity index is 0.00000176. The summed E-state index contributed by atoms with van der Waals surface area (Å²) in [4.78, 5) is 12.3. The van der Waals surface area contributed by atoms with Crippen LogP contribution >= 0.6 is 12.4 Å². The molecule has 4 N–H and O–H groups in total. The van der Waals surface area contributed by atoms with Gasteiger partial charge in [-0.3, -0.25) is 4.79 Å². The van der Waals surface area contributed by atoms with E-state index in [-0.39, 0.29) is 18.3 Å². The highest BCUT2D eigenvalue weighted by Gasteiger charge is 2.35. The molecule has 8 heteroatoms. The maximum atomic E-state index is 12.3. The molecule has 1 fully saturated rings. The smallest absolute Gasteiger partial charge is 0.244 e. The van der Waals surface area contributed by atoms with Crippen molar-refractivity contribution in [3.8, 4) is 11.4 Å². The molecule has 1 amide bonds. The minimum atomic E-state index is -0.732. The lowest BCUT2D eigenvalue weighted by Gasteiger charge is -2.31. The molecule has 0 aliphatic heterocycles. The zero-order valence-corrected chi connectivity index (χ0v) is 12.9. The summed E-state index contributed by atoms with van der Waals surface area (Å²) >= 11 is 0. The van der Waals surface area contributed by atoms with E-state index in [1.807, 2.05) is 24.3 Å². The first kappa shape index (κ1) is 16.4. The predicted molar refractivity (Wildman–Crippen MR) is 85.5 cm³/mol. The van der Waals surface area contributed by atoms with Gasteiger partial charge in [0.1, 0.15) is 0 Å². The Labute approximate surface area is 134 Å². The van der Waals surface area contributed by atoms with Gasteiger partial charge in [0.2, 0.25) is 11.7 Å². The number of hydrogen-bond donors (Lipinski definition) is 3. The Hall–Kier alpha value is -1.99. The fourth-order valence-electron chi connectivity index (χ4n) is 2.65. The van der Waals surface area contributed by atoms with Crippen LogP contribution in [0.2, 0.25) is 0 Å². The van der Waals surface area contributed by atoms with Crippen LogP contribution in [-0.2, 0) is 4.79 Å². The third-order valence-corrected chi connectivity index (χ3v) is 3.94. The molecule has 1 heterocycles. The molecular formula is C14H19ClN6O. The molecule has 0 bridgehead atoms. The summed E-state index contributed by atoms with van der Waals surface area (Å²) in [5, 5.41) is 16.6. The molecule has 118 valence electrons. The first-order chi connectivity index (χ1) is 10.2. The first-order valence-electron chi connectivity index (χ1n) is 7.12. The summed E-state index contributed by atoms with van der Waals surface area (Å²) in [7, 11) is 0. The van der Waals surface area contributed by atoms with Crippen molar-refractivity contribution < 1.29 is 4.79 Å². The van der Waals surface area contributed by atoms with E-state index in [0.717, 1.165) is 43.4 Å². The van der Waals surface area contributed by atoms with E-state index >= 15 is 0 Å². The highest BCUT2D eigenvalue weighted by atomic mass is 35.5. The van der Waals surface area contributed by atoms with E-state index in [0.29, 0.717) is 5.82 Å². The van der Waals surface area contributed by atoms with Gasteiger partial charge in [-0.15, -0.1) is 22.6 Å². The molecule has 0 radical (unpaired) electrons. The number of aromatic amines is 1. The molecule has 2 aromatic rings. The fraction of sp³-hybridized carbons (Fsp3) is 0.429.